The number of carbonyl (C=O) groups is 2. The fraction of sp³-hybridized carbons (Fsp3) is 0.556. The van der Waals surface area contributed by atoms with Crippen molar-refractivity contribution in [3.05, 3.63) is 29.6 Å². The standard InChI is InChI=1S/C18H22FNO3/c19-13-6-5-7-14-17(13)18(10-3-4-11-18)12-20(14)15(21)8-1-2-9-16(22)23/h5-7H,1-4,8-12H2,(H,22,23). The highest BCUT2D eigenvalue weighted by Crippen LogP contribution is 2.51. The zero-order chi connectivity index (χ0) is 16.4. The van der Waals surface area contributed by atoms with Gasteiger partial charge < -0.3 is 10.0 Å². The molecule has 1 aliphatic heterocycles. The molecule has 2 aliphatic rings. The highest BCUT2D eigenvalue weighted by molar-refractivity contribution is 5.96. The molecule has 1 heterocycles. The largest absolute Gasteiger partial charge is 0.481 e. The number of aliphatic carboxylic acids is 1. The minimum Gasteiger partial charge on any atom is -0.481 e. The van der Waals surface area contributed by atoms with Gasteiger partial charge in [0.1, 0.15) is 5.82 Å². The van der Waals surface area contributed by atoms with Crippen LogP contribution in [0.25, 0.3) is 0 Å². The van der Waals surface area contributed by atoms with Crippen LogP contribution < -0.4 is 4.90 Å². The van der Waals surface area contributed by atoms with Crippen LogP contribution in [0, 0.1) is 5.82 Å². The number of nitrogens with zero attached hydrogens (tertiary/aromatic N) is 1. The summed E-state index contributed by atoms with van der Waals surface area (Å²) in [5.74, 6) is -1.06. The molecule has 124 valence electrons. The first-order chi connectivity index (χ1) is 11.0. The Labute approximate surface area is 135 Å². The normalized spacial score (nSPS) is 18.4. The molecule has 23 heavy (non-hydrogen) atoms. The van der Waals surface area contributed by atoms with Gasteiger partial charge in [-0.2, -0.15) is 0 Å². The molecular formula is C18H22FNO3. The van der Waals surface area contributed by atoms with Crippen LogP contribution in [0.15, 0.2) is 18.2 Å². The predicted octanol–water partition coefficient (Wildman–Crippen LogP) is 3.63. The number of unbranched alkanes of at least 4 members (excludes halogenated alkanes) is 1. The van der Waals surface area contributed by atoms with E-state index in [2.05, 4.69) is 0 Å². The van der Waals surface area contributed by atoms with E-state index in [1.165, 1.54) is 6.07 Å². The van der Waals surface area contributed by atoms with Gasteiger partial charge in [-0.1, -0.05) is 18.9 Å². The lowest BCUT2D eigenvalue weighted by atomic mass is 9.80. The van der Waals surface area contributed by atoms with Crippen LogP contribution in [0.2, 0.25) is 0 Å². The van der Waals surface area contributed by atoms with E-state index in [0.717, 1.165) is 36.9 Å². The third-order valence-electron chi connectivity index (χ3n) is 5.17. The van der Waals surface area contributed by atoms with E-state index in [1.54, 1.807) is 11.0 Å². The number of carboxylic acids is 1. The maximum absolute atomic E-state index is 14.4. The number of benzene rings is 1. The lowest BCUT2D eigenvalue weighted by molar-refractivity contribution is -0.137. The Morgan fingerprint density at radius 1 is 1.17 bits per heavy atom. The molecule has 5 heteroatoms. The summed E-state index contributed by atoms with van der Waals surface area (Å²) in [5, 5.41) is 8.65. The number of halogens is 1. The van der Waals surface area contributed by atoms with Crippen molar-refractivity contribution in [2.75, 3.05) is 11.4 Å². The molecule has 1 aromatic carbocycles. The van der Waals surface area contributed by atoms with Crippen molar-refractivity contribution in [3.63, 3.8) is 0 Å². The fourth-order valence-electron chi connectivity index (χ4n) is 4.10. The second-order valence-corrected chi connectivity index (χ2v) is 6.70. The molecule has 1 fully saturated rings. The third kappa shape index (κ3) is 2.96. The summed E-state index contributed by atoms with van der Waals surface area (Å²) < 4.78 is 14.4. The zero-order valence-electron chi connectivity index (χ0n) is 13.2. The van der Waals surface area contributed by atoms with Crippen molar-refractivity contribution in [3.8, 4) is 0 Å². The Kier molecular flexibility index (Phi) is 4.37. The van der Waals surface area contributed by atoms with Gasteiger partial charge in [0.15, 0.2) is 0 Å². The number of anilines is 1. The molecular weight excluding hydrogens is 297 g/mol. The van der Waals surface area contributed by atoms with Crippen LogP contribution in [-0.4, -0.2) is 23.5 Å². The van der Waals surface area contributed by atoms with Gasteiger partial charge in [0.2, 0.25) is 5.91 Å². The third-order valence-corrected chi connectivity index (χ3v) is 5.17. The molecule has 0 atom stereocenters. The van der Waals surface area contributed by atoms with Crippen molar-refractivity contribution < 1.29 is 19.1 Å². The van der Waals surface area contributed by atoms with Gasteiger partial charge in [0, 0.05) is 30.4 Å². The SMILES string of the molecule is O=C(O)CCCCC(=O)N1CC2(CCCC2)c2c(F)cccc21. The molecule has 4 nitrogen and oxygen atoms in total. The Morgan fingerprint density at radius 2 is 1.87 bits per heavy atom. The van der Waals surface area contributed by atoms with Gasteiger partial charge >= 0.3 is 5.97 Å². The molecule has 1 amide bonds. The molecule has 0 bridgehead atoms. The van der Waals surface area contributed by atoms with Crippen LogP contribution in [0.3, 0.4) is 0 Å². The number of hydrogen-bond donors (Lipinski definition) is 1. The van der Waals surface area contributed by atoms with Crippen LogP contribution >= 0.6 is 0 Å². The first kappa shape index (κ1) is 16.0. The highest BCUT2D eigenvalue weighted by atomic mass is 19.1. The number of carboxylic acid groups (broad SMARTS) is 1. The van der Waals surface area contributed by atoms with Crippen LogP contribution in [-0.2, 0) is 15.0 Å². The van der Waals surface area contributed by atoms with Crippen LogP contribution in [0.4, 0.5) is 10.1 Å². The number of rotatable bonds is 5. The summed E-state index contributed by atoms with van der Waals surface area (Å²) in [6.45, 7) is 0.570. The minimum absolute atomic E-state index is 0.0222. The molecule has 0 radical (unpaired) electrons. The molecule has 1 spiro atoms. The molecule has 3 rings (SSSR count). The molecule has 1 aromatic rings. The van der Waals surface area contributed by atoms with Crippen molar-refractivity contribution >= 4 is 17.6 Å². The average Bonchev–Trinajstić information content (AvgIpc) is 3.10. The number of fused-ring (bicyclic) bond motifs is 2. The Balaban J connectivity index is 1.76. The first-order valence-electron chi connectivity index (χ1n) is 8.35. The van der Waals surface area contributed by atoms with E-state index in [-0.39, 0.29) is 23.6 Å². The van der Waals surface area contributed by atoms with Crippen molar-refractivity contribution in [1.82, 2.24) is 0 Å². The van der Waals surface area contributed by atoms with Crippen LogP contribution in [0.5, 0.6) is 0 Å². The van der Waals surface area contributed by atoms with Gasteiger partial charge in [0.25, 0.3) is 0 Å². The number of amides is 1. The summed E-state index contributed by atoms with van der Waals surface area (Å²) in [5.41, 5.74) is 1.23. The smallest absolute Gasteiger partial charge is 0.303 e. The predicted molar refractivity (Wildman–Crippen MR) is 85.0 cm³/mol. The monoisotopic (exact) mass is 319 g/mol. The van der Waals surface area contributed by atoms with E-state index in [9.17, 15) is 14.0 Å². The van der Waals surface area contributed by atoms with E-state index in [1.807, 2.05) is 6.07 Å². The van der Waals surface area contributed by atoms with Crippen molar-refractivity contribution in [1.29, 1.82) is 0 Å². The van der Waals surface area contributed by atoms with E-state index >= 15 is 0 Å². The van der Waals surface area contributed by atoms with E-state index in [0.29, 0.717) is 25.8 Å². The number of hydrogen-bond acceptors (Lipinski definition) is 2. The average molecular weight is 319 g/mol. The van der Waals surface area contributed by atoms with Gasteiger partial charge in [-0.05, 0) is 37.8 Å². The van der Waals surface area contributed by atoms with Gasteiger partial charge in [0.05, 0.1) is 5.69 Å². The molecule has 1 N–H and O–H groups in total. The molecule has 0 unspecified atom stereocenters. The second kappa shape index (κ2) is 6.30. The fourth-order valence-corrected chi connectivity index (χ4v) is 4.10. The molecule has 0 aromatic heterocycles. The quantitative estimate of drug-likeness (QED) is 0.843. The lowest BCUT2D eigenvalue weighted by Gasteiger charge is -2.25. The summed E-state index contributed by atoms with van der Waals surface area (Å²) in [4.78, 5) is 24.8. The summed E-state index contributed by atoms with van der Waals surface area (Å²) in [7, 11) is 0. The Hall–Kier alpha value is -1.91. The Morgan fingerprint density at radius 3 is 2.57 bits per heavy atom. The van der Waals surface area contributed by atoms with Crippen molar-refractivity contribution in [2.45, 2.75) is 56.8 Å². The summed E-state index contributed by atoms with van der Waals surface area (Å²) in [6, 6.07) is 4.98. The minimum atomic E-state index is -0.837. The maximum atomic E-state index is 14.4. The Bertz CT molecular complexity index is 623. The van der Waals surface area contributed by atoms with Gasteiger partial charge in [-0.15, -0.1) is 0 Å². The van der Waals surface area contributed by atoms with Gasteiger partial charge in [-0.3, -0.25) is 9.59 Å². The number of carbonyl (C=O) groups excluding carboxylic acids is 1. The second-order valence-electron chi connectivity index (χ2n) is 6.70. The van der Waals surface area contributed by atoms with Crippen LogP contribution in [0.1, 0.15) is 56.9 Å². The highest BCUT2D eigenvalue weighted by Gasteiger charge is 2.47. The maximum Gasteiger partial charge on any atom is 0.303 e. The van der Waals surface area contributed by atoms with E-state index < -0.39 is 5.97 Å². The zero-order valence-corrected chi connectivity index (χ0v) is 13.2. The van der Waals surface area contributed by atoms with E-state index in [4.69, 9.17) is 5.11 Å². The molecule has 1 saturated carbocycles. The first-order valence-corrected chi connectivity index (χ1v) is 8.35. The van der Waals surface area contributed by atoms with Gasteiger partial charge in [-0.25, -0.2) is 4.39 Å². The molecule has 1 aliphatic carbocycles. The summed E-state index contributed by atoms with van der Waals surface area (Å²) >= 11 is 0. The topological polar surface area (TPSA) is 57.6 Å². The summed E-state index contributed by atoms with van der Waals surface area (Å²) in [6.07, 6.45) is 5.48. The lowest BCUT2D eigenvalue weighted by Crippen LogP contribution is -2.35. The van der Waals surface area contributed by atoms with Crippen molar-refractivity contribution in [2.24, 2.45) is 0 Å². The molecule has 0 saturated heterocycles.